The summed E-state index contributed by atoms with van der Waals surface area (Å²) in [4.78, 5) is 73.1. The van der Waals surface area contributed by atoms with Crippen molar-refractivity contribution in [3.63, 3.8) is 0 Å². The van der Waals surface area contributed by atoms with Crippen LogP contribution >= 0.6 is 0 Å². The van der Waals surface area contributed by atoms with E-state index in [1.807, 2.05) is 165 Å². The van der Waals surface area contributed by atoms with E-state index in [2.05, 4.69) is 189 Å². The van der Waals surface area contributed by atoms with Crippen LogP contribution in [0, 0.1) is 0 Å². The van der Waals surface area contributed by atoms with Crippen LogP contribution in [0.4, 0.5) is 0 Å². The van der Waals surface area contributed by atoms with Gasteiger partial charge in [-0.05, 0) is 155 Å². The molecule has 6 N–H and O–H groups in total. The number of nitrogens with one attached hydrogen (secondary N) is 5. The zero-order chi connectivity index (χ0) is 70.2. The Balaban J connectivity index is 0.000000147. The van der Waals surface area contributed by atoms with Crippen molar-refractivity contribution < 1.29 is 36.6 Å². The molecule has 16 heteroatoms. The maximum absolute atomic E-state index is 10.0. The number of carbonyl (C=O) groups is 3. The van der Waals surface area contributed by atoms with E-state index in [-0.39, 0.29) is 17.1 Å². The molecule has 4 aliphatic rings. The summed E-state index contributed by atoms with van der Waals surface area (Å²) in [5.74, 6) is -0.833. The fraction of sp³-hybridized carbons (Fsp3) is 0.0230. The summed E-state index contributed by atoms with van der Waals surface area (Å²) in [7, 11) is 0. The fourth-order valence-electron chi connectivity index (χ4n) is 11.6. The van der Waals surface area contributed by atoms with Crippen LogP contribution in [0.1, 0.15) is 74.2 Å². The Labute approximate surface area is 605 Å². The van der Waals surface area contributed by atoms with E-state index in [9.17, 15) is 4.79 Å². The Hall–Kier alpha value is -13.5. The predicted molar refractivity (Wildman–Crippen MR) is 415 cm³/mol. The summed E-state index contributed by atoms with van der Waals surface area (Å²) in [6.07, 6.45) is 25.9. The van der Waals surface area contributed by atoms with Gasteiger partial charge in [0.05, 0.1) is 45.6 Å². The molecule has 16 bridgehead atoms. The molecule has 9 aromatic heterocycles. The van der Waals surface area contributed by atoms with Crippen LogP contribution in [0.2, 0.25) is 0 Å². The van der Waals surface area contributed by atoms with Crippen molar-refractivity contribution >= 4 is 112 Å². The van der Waals surface area contributed by atoms with Gasteiger partial charge in [-0.15, -0.1) is 22.1 Å². The second-order valence-electron chi connectivity index (χ2n) is 23.2. The van der Waals surface area contributed by atoms with Crippen LogP contribution in [0.25, 0.3) is 137 Å². The van der Waals surface area contributed by atoms with Gasteiger partial charge in [0.15, 0.2) is 0 Å². The van der Waals surface area contributed by atoms with Crippen molar-refractivity contribution in [3.8, 4) is 44.5 Å². The van der Waals surface area contributed by atoms with Gasteiger partial charge in [0.25, 0.3) is 5.97 Å². The first-order valence-corrected chi connectivity index (χ1v) is 32.8. The van der Waals surface area contributed by atoms with Gasteiger partial charge in [0.2, 0.25) is 0 Å². The predicted octanol–water partition coefficient (Wildman–Crippen LogP) is 19.6. The van der Waals surface area contributed by atoms with Crippen LogP contribution in [0.15, 0.2) is 286 Å². The van der Waals surface area contributed by atoms with Gasteiger partial charge in [0, 0.05) is 88.3 Å². The van der Waals surface area contributed by atoms with E-state index in [0.717, 1.165) is 159 Å². The number of aldehydes is 1. The molecule has 103 heavy (non-hydrogen) atoms. The second kappa shape index (κ2) is 35.3. The van der Waals surface area contributed by atoms with Crippen molar-refractivity contribution in [2.24, 2.45) is 0 Å². The largest absolute Gasteiger partial charge is 2.00 e. The number of rotatable bonds is 7. The minimum absolute atomic E-state index is 0. The van der Waals surface area contributed by atoms with Gasteiger partial charge in [0.1, 0.15) is 13.1 Å². The van der Waals surface area contributed by atoms with Crippen molar-refractivity contribution in [2.45, 2.75) is 13.3 Å². The van der Waals surface area contributed by atoms with E-state index in [4.69, 9.17) is 44.6 Å². The molecule has 18 rings (SSSR count). The van der Waals surface area contributed by atoms with Gasteiger partial charge in [-0.3, -0.25) is 9.59 Å². The zero-order valence-electron chi connectivity index (χ0n) is 56.0. The number of carbonyl (C=O) groups excluding carboxylic acids is 2. The van der Waals surface area contributed by atoms with Gasteiger partial charge in [-0.1, -0.05) is 188 Å². The van der Waals surface area contributed by atoms with Gasteiger partial charge < -0.3 is 44.8 Å². The molecule has 1 radical (unpaired) electrons. The first-order chi connectivity index (χ1) is 50.2. The number of carboxylic acids is 1. The molecule has 0 unspecified atom stereocenters. The van der Waals surface area contributed by atoms with Crippen molar-refractivity contribution in [2.75, 3.05) is 0 Å². The third kappa shape index (κ3) is 18.8. The van der Waals surface area contributed by atoms with Crippen LogP contribution in [0.5, 0.6) is 0 Å². The molecule has 15 nitrogen and oxygen atoms in total. The molecular formula is C87H69MnN11O4. The molecule has 0 saturated carbocycles. The third-order valence-corrected chi connectivity index (χ3v) is 16.0. The minimum Gasteiger partial charge on any atom is -0.657 e. The Kier molecular flexibility index (Phi) is 24.3. The Morgan fingerprint density at radius 3 is 1.08 bits per heavy atom. The first-order valence-electron chi connectivity index (χ1n) is 32.8. The summed E-state index contributed by atoms with van der Waals surface area (Å²) < 4.78 is 0. The maximum atomic E-state index is 10.0. The number of aromatic amines is 5. The van der Waals surface area contributed by atoms with E-state index in [1.54, 1.807) is 12.1 Å². The van der Waals surface area contributed by atoms with Gasteiger partial charge in [-0.25, -0.2) is 19.9 Å². The smallest absolute Gasteiger partial charge is 0.657 e. The van der Waals surface area contributed by atoms with Crippen LogP contribution < -0.4 is 9.97 Å². The van der Waals surface area contributed by atoms with E-state index >= 15 is 0 Å². The monoisotopic (exact) mass is 1390 g/mol. The van der Waals surface area contributed by atoms with E-state index < -0.39 is 5.97 Å². The zero-order valence-corrected chi connectivity index (χ0v) is 57.2. The summed E-state index contributed by atoms with van der Waals surface area (Å²) in [6.45, 7) is 3.08. The van der Waals surface area contributed by atoms with E-state index in [1.165, 1.54) is 11.4 Å². The van der Waals surface area contributed by atoms with Crippen molar-refractivity contribution in [3.05, 3.63) is 348 Å². The topological polar surface area (TPSA) is 230 Å². The molecule has 503 valence electrons. The number of fused-ring (bicyclic) bond motifs is 16. The Bertz CT molecular complexity index is 5190. The number of hydrogen-bond acceptors (Lipinski definition) is 7. The fourth-order valence-corrected chi connectivity index (χ4v) is 11.6. The summed E-state index contributed by atoms with van der Waals surface area (Å²) in [6, 6.07) is 87.4. The second-order valence-corrected chi connectivity index (χ2v) is 23.2. The number of aliphatic carboxylic acids is 1. The molecule has 0 amide bonds. The molecule has 13 heterocycles. The quantitative estimate of drug-likeness (QED) is 0.0653. The van der Waals surface area contributed by atoms with E-state index in [0.29, 0.717) is 0 Å². The number of hydrogen-bond donors (Lipinski definition) is 6. The SMILES string of the molecule is C1=Cc2nc1cc1ccc([n-]1)c(-c1ccccc1)c1nc(cc3ccc([n-]3)c2-c2ccccc2)C=C1.C1=Cc2nc1cc1nc(c(-c3ccccc3)c3ccc(cc4ccc([nH]4)c2-c2ccccc2)[nH]3)C=C1.C=O.CC(=O)O.O=Cc1ccccc1.[Mn+2].c1c[nH]c(Cc2ccc[nH]2)c1.c1cc[nH]c1. The molecule has 14 aromatic rings. The molecule has 0 aliphatic carbocycles. The summed E-state index contributed by atoms with van der Waals surface area (Å²) in [5, 5.41) is 7.42. The number of H-pyrrole nitrogens is 5. The minimum atomic E-state index is -0.833. The molecule has 5 aromatic carbocycles. The Morgan fingerprint density at radius 1 is 0.398 bits per heavy atom. The number of aromatic nitrogens is 11. The molecule has 0 atom stereocenters. The Morgan fingerprint density at radius 2 is 0.748 bits per heavy atom. The van der Waals surface area contributed by atoms with Crippen LogP contribution in [-0.2, 0) is 33.1 Å². The molecule has 0 fully saturated rings. The standard InChI is InChI=1S/C32H22N4.C32H20N4.C9H10N2.C7H6O.C4H5N.C2H4O2.CH2O.Mn/c2*1-3-7-21(8-4-1)31-27-15-11-23(33-27)19-25-13-17-29(35-25)32(22-9-5-2-6-10-22)30-18-14-26(36-30)20-24-12-16-28(31)34-24;1-3-8(10-5-1)7-9-4-2-6-11-9;8-6-7-4-2-1-3-5-7;1-2-4-5-3-1;1-2(3)4;1-2;/h1-20,33,35H;1-20H;1-6,10-11H,7H2;1-6H;1-5H;1H3,(H,3,4);1H2;/q;-2;;;;;;+2. The van der Waals surface area contributed by atoms with Crippen molar-refractivity contribution in [1.82, 2.24) is 54.8 Å². The number of carboxylic acid groups (broad SMARTS) is 1. The van der Waals surface area contributed by atoms with Crippen LogP contribution in [0.3, 0.4) is 0 Å². The van der Waals surface area contributed by atoms with Gasteiger partial charge in [-0.2, -0.15) is 0 Å². The van der Waals surface area contributed by atoms with Gasteiger partial charge >= 0.3 is 17.1 Å². The average Bonchev–Trinajstić information content (AvgIpc) is 1.67. The number of benzene rings is 5. The third-order valence-electron chi connectivity index (χ3n) is 16.0. The summed E-state index contributed by atoms with van der Waals surface area (Å²) >= 11 is 0. The average molecular weight is 1390 g/mol. The van der Waals surface area contributed by atoms with Crippen LogP contribution in [-0.4, -0.2) is 69.0 Å². The van der Waals surface area contributed by atoms with Crippen molar-refractivity contribution in [1.29, 1.82) is 0 Å². The summed E-state index contributed by atoms with van der Waals surface area (Å²) in [5.41, 5.74) is 26.5. The maximum Gasteiger partial charge on any atom is 2.00 e. The molecular weight excluding hydrogens is 1320 g/mol. The normalized spacial score (nSPS) is 11.0. The molecule has 4 aliphatic heterocycles. The number of nitrogens with zero attached hydrogens (tertiary/aromatic N) is 6. The molecule has 0 saturated heterocycles. The molecule has 0 spiro atoms. The first kappa shape index (κ1) is 70.8.